The number of piperidine rings is 1. The van der Waals surface area contributed by atoms with Crippen LogP contribution in [0.15, 0.2) is 35.2 Å². The first-order valence-electron chi connectivity index (χ1n) is 7.42. The second-order valence-corrected chi connectivity index (χ2v) is 6.18. The Morgan fingerprint density at radius 2 is 2.14 bits per heavy atom. The van der Waals surface area contributed by atoms with E-state index in [1.54, 1.807) is 10.9 Å². The molecule has 6 heteroatoms. The van der Waals surface area contributed by atoms with E-state index in [1.807, 2.05) is 24.3 Å². The van der Waals surface area contributed by atoms with Crippen molar-refractivity contribution >= 4 is 28.6 Å². The summed E-state index contributed by atoms with van der Waals surface area (Å²) in [7, 11) is 0. The normalized spacial score (nSPS) is 15.8. The molecule has 22 heavy (non-hydrogen) atoms. The average Bonchev–Trinajstić information content (AvgIpc) is 3.10. The number of para-hydroxylation sites is 2. The highest BCUT2D eigenvalue weighted by atomic mass is 32.1. The maximum atomic E-state index is 12.2. The number of nitrogens with one attached hydrogen (secondary N) is 1. The Hall–Kier alpha value is -1.92. The molecule has 0 bridgehead atoms. The largest absolute Gasteiger partial charge is 0.396 e. The molecule has 1 fully saturated rings. The number of carbonyl (C=O) groups excluding carboxylic acids is 1. The van der Waals surface area contributed by atoms with Gasteiger partial charge >= 0.3 is 0 Å². The summed E-state index contributed by atoms with van der Waals surface area (Å²) in [6.07, 6.45) is 1.95. The third-order valence-electron chi connectivity index (χ3n) is 4.03. The number of amides is 1. The number of hydrogen-bond donors (Lipinski definition) is 2. The van der Waals surface area contributed by atoms with Crippen LogP contribution in [0.3, 0.4) is 0 Å². The summed E-state index contributed by atoms with van der Waals surface area (Å²) in [6, 6.07) is 7.83. The van der Waals surface area contributed by atoms with Crippen LogP contribution in [-0.4, -0.2) is 35.7 Å². The number of aliphatic hydroxyl groups is 1. The summed E-state index contributed by atoms with van der Waals surface area (Å²) in [5.41, 5.74) is 3.93. The van der Waals surface area contributed by atoms with Crippen molar-refractivity contribution in [2.24, 2.45) is 5.92 Å². The standard InChI is InChI=1S/C16H19N3O2S/c20-9-12-5-7-19(8-6-12)15-4-2-1-3-13(15)18-16(21)14-10-22-11-17-14/h1-4,10-12,20H,5-9H2,(H,18,21). The zero-order valence-electron chi connectivity index (χ0n) is 12.2. The van der Waals surface area contributed by atoms with Crippen molar-refractivity contribution in [2.75, 3.05) is 29.9 Å². The molecular weight excluding hydrogens is 298 g/mol. The number of nitrogens with zero attached hydrogens (tertiary/aromatic N) is 2. The van der Waals surface area contributed by atoms with Gasteiger partial charge in [0.2, 0.25) is 0 Å². The summed E-state index contributed by atoms with van der Waals surface area (Å²) in [5, 5.41) is 13.9. The fourth-order valence-electron chi connectivity index (χ4n) is 2.72. The van der Waals surface area contributed by atoms with Gasteiger partial charge in [0, 0.05) is 25.1 Å². The van der Waals surface area contributed by atoms with E-state index < -0.39 is 0 Å². The molecule has 0 unspecified atom stereocenters. The lowest BCUT2D eigenvalue weighted by atomic mass is 9.97. The van der Waals surface area contributed by atoms with Gasteiger partial charge < -0.3 is 15.3 Å². The number of aliphatic hydroxyl groups excluding tert-OH is 1. The molecule has 1 amide bonds. The first kappa shape index (κ1) is 15.0. The van der Waals surface area contributed by atoms with Gasteiger partial charge in [0.15, 0.2) is 0 Å². The van der Waals surface area contributed by atoms with Crippen LogP contribution in [-0.2, 0) is 0 Å². The first-order chi connectivity index (χ1) is 10.8. The van der Waals surface area contributed by atoms with Gasteiger partial charge in [-0.2, -0.15) is 0 Å². The van der Waals surface area contributed by atoms with E-state index in [2.05, 4.69) is 15.2 Å². The van der Waals surface area contributed by atoms with Crippen molar-refractivity contribution in [3.63, 3.8) is 0 Å². The molecule has 0 aliphatic carbocycles. The molecule has 116 valence electrons. The predicted molar refractivity (Wildman–Crippen MR) is 88.5 cm³/mol. The molecule has 0 saturated carbocycles. The fourth-order valence-corrected chi connectivity index (χ4v) is 3.25. The number of hydrogen-bond acceptors (Lipinski definition) is 5. The van der Waals surface area contributed by atoms with Crippen molar-refractivity contribution in [3.05, 3.63) is 40.8 Å². The summed E-state index contributed by atoms with van der Waals surface area (Å²) >= 11 is 1.41. The monoisotopic (exact) mass is 317 g/mol. The van der Waals surface area contributed by atoms with Gasteiger partial charge in [-0.25, -0.2) is 4.98 Å². The molecule has 1 aromatic carbocycles. The minimum absolute atomic E-state index is 0.182. The van der Waals surface area contributed by atoms with Crippen LogP contribution in [0.5, 0.6) is 0 Å². The Bertz CT molecular complexity index is 622. The van der Waals surface area contributed by atoms with E-state index in [0.717, 1.165) is 37.3 Å². The summed E-state index contributed by atoms with van der Waals surface area (Å²) in [6.45, 7) is 2.06. The lowest BCUT2D eigenvalue weighted by Crippen LogP contribution is -2.35. The number of rotatable bonds is 4. The van der Waals surface area contributed by atoms with Gasteiger partial charge in [0.1, 0.15) is 5.69 Å². The predicted octanol–water partition coefficient (Wildman–Crippen LogP) is 2.60. The lowest BCUT2D eigenvalue weighted by molar-refractivity contribution is 0.102. The van der Waals surface area contributed by atoms with E-state index in [0.29, 0.717) is 11.6 Å². The second kappa shape index (κ2) is 6.89. The number of benzene rings is 1. The van der Waals surface area contributed by atoms with E-state index >= 15 is 0 Å². The molecule has 5 nitrogen and oxygen atoms in total. The van der Waals surface area contributed by atoms with Crippen molar-refractivity contribution in [1.29, 1.82) is 0 Å². The third-order valence-corrected chi connectivity index (χ3v) is 4.62. The highest BCUT2D eigenvalue weighted by Gasteiger charge is 2.21. The molecule has 0 atom stereocenters. The van der Waals surface area contributed by atoms with Crippen LogP contribution in [0.2, 0.25) is 0 Å². The summed E-state index contributed by atoms with van der Waals surface area (Å²) in [5.74, 6) is 0.215. The third kappa shape index (κ3) is 3.28. The molecule has 1 saturated heterocycles. The van der Waals surface area contributed by atoms with E-state index in [4.69, 9.17) is 0 Å². The number of aromatic nitrogens is 1. The lowest BCUT2D eigenvalue weighted by Gasteiger charge is -2.34. The van der Waals surface area contributed by atoms with Crippen LogP contribution < -0.4 is 10.2 Å². The van der Waals surface area contributed by atoms with Gasteiger partial charge in [0.05, 0.1) is 16.9 Å². The van der Waals surface area contributed by atoms with Crippen LogP contribution in [0, 0.1) is 5.92 Å². The Balaban J connectivity index is 1.74. The van der Waals surface area contributed by atoms with Crippen LogP contribution in [0.25, 0.3) is 0 Å². The quantitative estimate of drug-likeness (QED) is 0.910. The highest BCUT2D eigenvalue weighted by molar-refractivity contribution is 7.07. The Morgan fingerprint density at radius 3 is 2.82 bits per heavy atom. The molecular formula is C16H19N3O2S. The summed E-state index contributed by atoms with van der Waals surface area (Å²) < 4.78 is 0. The molecule has 3 rings (SSSR count). The zero-order chi connectivity index (χ0) is 15.4. The molecule has 1 aliphatic heterocycles. The van der Waals surface area contributed by atoms with Crippen LogP contribution in [0.4, 0.5) is 11.4 Å². The number of thiazole rings is 1. The smallest absolute Gasteiger partial charge is 0.275 e. The zero-order valence-corrected chi connectivity index (χ0v) is 13.1. The SMILES string of the molecule is O=C(Nc1ccccc1N1CCC(CO)CC1)c1cscn1. The van der Waals surface area contributed by atoms with Crippen molar-refractivity contribution in [2.45, 2.75) is 12.8 Å². The molecule has 2 N–H and O–H groups in total. The van der Waals surface area contributed by atoms with Crippen molar-refractivity contribution in [1.82, 2.24) is 4.98 Å². The van der Waals surface area contributed by atoms with Gasteiger partial charge in [-0.1, -0.05) is 12.1 Å². The molecule has 1 aromatic heterocycles. The van der Waals surface area contributed by atoms with Crippen molar-refractivity contribution in [3.8, 4) is 0 Å². The van der Waals surface area contributed by atoms with Gasteiger partial charge in [0.25, 0.3) is 5.91 Å². The van der Waals surface area contributed by atoms with Gasteiger partial charge in [-0.3, -0.25) is 4.79 Å². The molecule has 0 spiro atoms. The Morgan fingerprint density at radius 1 is 1.36 bits per heavy atom. The van der Waals surface area contributed by atoms with E-state index in [9.17, 15) is 9.90 Å². The molecule has 0 radical (unpaired) electrons. The second-order valence-electron chi connectivity index (χ2n) is 5.46. The fraction of sp³-hybridized carbons (Fsp3) is 0.375. The molecule has 1 aliphatic rings. The van der Waals surface area contributed by atoms with Crippen LogP contribution in [0.1, 0.15) is 23.3 Å². The Kier molecular flexibility index (Phi) is 4.70. The minimum Gasteiger partial charge on any atom is -0.396 e. The number of carbonyl (C=O) groups is 1. The van der Waals surface area contributed by atoms with Crippen LogP contribution >= 0.6 is 11.3 Å². The van der Waals surface area contributed by atoms with Gasteiger partial charge in [-0.05, 0) is 30.9 Å². The maximum Gasteiger partial charge on any atom is 0.275 e. The molecule has 2 heterocycles. The minimum atomic E-state index is -0.182. The van der Waals surface area contributed by atoms with E-state index in [1.165, 1.54) is 11.3 Å². The average molecular weight is 317 g/mol. The van der Waals surface area contributed by atoms with Gasteiger partial charge in [-0.15, -0.1) is 11.3 Å². The molecule has 2 aromatic rings. The van der Waals surface area contributed by atoms with E-state index in [-0.39, 0.29) is 12.5 Å². The maximum absolute atomic E-state index is 12.2. The summed E-state index contributed by atoms with van der Waals surface area (Å²) in [4.78, 5) is 18.5. The number of anilines is 2. The first-order valence-corrected chi connectivity index (χ1v) is 8.36. The Labute approximate surface area is 133 Å². The topological polar surface area (TPSA) is 65.5 Å². The van der Waals surface area contributed by atoms with Crippen molar-refractivity contribution < 1.29 is 9.90 Å². The highest BCUT2D eigenvalue weighted by Crippen LogP contribution is 2.30.